The average molecular weight is 417 g/mol. The Kier molecular flexibility index (Phi) is 5.81. The van der Waals surface area contributed by atoms with Crippen molar-refractivity contribution in [3.8, 4) is 0 Å². The van der Waals surface area contributed by atoms with Crippen molar-refractivity contribution in [3.63, 3.8) is 0 Å². The van der Waals surface area contributed by atoms with Crippen molar-refractivity contribution in [1.29, 1.82) is 0 Å². The Hall–Kier alpha value is -3.58. The molecule has 30 heavy (non-hydrogen) atoms. The van der Waals surface area contributed by atoms with Gasteiger partial charge in [0.15, 0.2) is 0 Å². The first-order valence-electron chi connectivity index (χ1n) is 9.42. The van der Waals surface area contributed by atoms with Crippen molar-refractivity contribution in [2.24, 2.45) is 0 Å². The van der Waals surface area contributed by atoms with Gasteiger partial charge < -0.3 is 10.6 Å². The van der Waals surface area contributed by atoms with Gasteiger partial charge in [0.1, 0.15) is 5.65 Å². The van der Waals surface area contributed by atoms with Crippen LogP contribution in [0.25, 0.3) is 5.65 Å². The third-order valence-corrected chi connectivity index (χ3v) is 5.52. The molecular weight excluding hydrogens is 396 g/mol. The molecule has 0 aliphatic rings. The summed E-state index contributed by atoms with van der Waals surface area (Å²) in [6.07, 6.45) is 1.70. The largest absolute Gasteiger partial charge is 0.323 e. The number of amides is 2. The van der Waals surface area contributed by atoms with Crippen LogP contribution in [-0.2, 0) is 5.75 Å². The minimum Gasteiger partial charge on any atom is -0.308 e. The highest BCUT2D eigenvalue weighted by atomic mass is 32.2. The number of carbonyl (C=O) groups is 1. The molecule has 7 heteroatoms. The Morgan fingerprint density at radius 1 is 1.00 bits per heavy atom. The number of carbonyl (C=O) groups excluding carboxylic acids is 1. The van der Waals surface area contributed by atoms with Crippen LogP contribution in [-0.4, -0.2) is 15.4 Å². The molecule has 4 aromatic rings. The van der Waals surface area contributed by atoms with Gasteiger partial charge in [0.05, 0.1) is 11.4 Å². The van der Waals surface area contributed by atoms with Gasteiger partial charge in [0.25, 0.3) is 5.56 Å². The number of pyridine rings is 1. The van der Waals surface area contributed by atoms with Crippen molar-refractivity contribution < 1.29 is 4.79 Å². The molecule has 150 valence electrons. The van der Waals surface area contributed by atoms with Crippen LogP contribution < -0.4 is 16.2 Å². The summed E-state index contributed by atoms with van der Waals surface area (Å²) >= 11 is 1.51. The van der Waals surface area contributed by atoms with Crippen molar-refractivity contribution in [1.82, 2.24) is 9.38 Å². The number of nitrogens with zero attached hydrogens (tertiary/aromatic N) is 2. The molecule has 2 heterocycles. The summed E-state index contributed by atoms with van der Waals surface area (Å²) in [5, 5.41) is 5.74. The number of anilines is 2. The van der Waals surface area contributed by atoms with Crippen molar-refractivity contribution in [3.05, 3.63) is 101 Å². The summed E-state index contributed by atoms with van der Waals surface area (Å²) in [5.74, 6) is 0.513. The Morgan fingerprint density at radius 2 is 1.83 bits per heavy atom. The Morgan fingerprint density at radius 3 is 2.70 bits per heavy atom. The van der Waals surface area contributed by atoms with E-state index in [1.165, 1.54) is 16.2 Å². The second-order valence-corrected chi connectivity index (χ2v) is 7.77. The molecule has 6 nitrogen and oxygen atoms in total. The zero-order valence-corrected chi connectivity index (χ0v) is 17.1. The molecule has 0 fully saturated rings. The lowest BCUT2D eigenvalue weighted by atomic mass is 10.2. The molecule has 2 amide bonds. The molecule has 0 atom stereocenters. The second-order valence-electron chi connectivity index (χ2n) is 6.75. The average Bonchev–Trinajstić information content (AvgIpc) is 2.73. The topological polar surface area (TPSA) is 75.5 Å². The van der Waals surface area contributed by atoms with Crippen LogP contribution in [0.1, 0.15) is 11.3 Å². The van der Waals surface area contributed by atoms with Gasteiger partial charge in [-0.1, -0.05) is 30.3 Å². The highest BCUT2D eigenvalue weighted by molar-refractivity contribution is 7.98. The van der Waals surface area contributed by atoms with Crippen LogP contribution in [0.5, 0.6) is 0 Å². The number of fused-ring (bicyclic) bond motifs is 1. The third-order valence-electron chi connectivity index (χ3n) is 4.41. The molecule has 2 aromatic carbocycles. The maximum atomic E-state index is 12.4. The SMILES string of the molecule is Cc1cccc(NC(=O)Nc2ccccc2SCc2cc(=O)n3ccccc3n2)c1. The summed E-state index contributed by atoms with van der Waals surface area (Å²) in [6, 6.07) is 21.9. The second kappa shape index (κ2) is 8.84. The van der Waals surface area contributed by atoms with Crippen LogP contribution in [0.4, 0.5) is 16.2 Å². The molecule has 0 aliphatic carbocycles. The molecular formula is C23H20N4O2S. The van der Waals surface area contributed by atoms with Crippen LogP contribution in [0.15, 0.2) is 88.7 Å². The van der Waals surface area contributed by atoms with E-state index in [4.69, 9.17) is 0 Å². The third kappa shape index (κ3) is 4.69. The van der Waals surface area contributed by atoms with E-state index in [1.807, 2.05) is 61.5 Å². The fraction of sp³-hybridized carbons (Fsp3) is 0.0870. The number of hydrogen-bond acceptors (Lipinski definition) is 4. The summed E-state index contributed by atoms with van der Waals surface area (Å²) in [4.78, 5) is 30.1. The number of rotatable bonds is 5. The molecule has 0 aliphatic heterocycles. The lowest BCUT2D eigenvalue weighted by Crippen LogP contribution is -2.19. The molecule has 0 unspecified atom stereocenters. The van der Waals surface area contributed by atoms with E-state index in [0.717, 1.165) is 16.1 Å². The Bertz CT molecular complexity index is 1270. The van der Waals surface area contributed by atoms with E-state index in [0.29, 0.717) is 22.8 Å². The standard InChI is InChI=1S/C23H20N4O2S/c1-16-7-6-8-17(13-16)25-23(29)26-19-9-2-3-10-20(19)30-15-18-14-22(28)27-12-5-4-11-21(27)24-18/h2-14H,15H2,1H3,(H2,25,26,29). The van der Waals surface area contributed by atoms with Gasteiger partial charge in [-0.2, -0.15) is 0 Å². The van der Waals surface area contributed by atoms with Gasteiger partial charge in [0.2, 0.25) is 0 Å². The van der Waals surface area contributed by atoms with E-state index in [2.05, 4.69) is 15.6 Å². The normalized spacial score (nSPS) is 10.7. The zero-order chi connectivity index (χ0) is 20.9. The Labute approximate surface area is 178 Å². The molecule has 2 N–H and O–H groups in total. The quantitative estimate of drug-likeness (QED) is 0.452. The number of aromatic nitrogens is 2. The summed E-state index contributed by atoms with van der Waals surface area (Å²) in [5.41, 5.74) is 3.70. The smallest absolute Gasteiger partial charge is 0.308 e. The molecule has 2 aromatic heterocycles. The molecule has 0 saturated heterocycles. The van der Waals surface area contributed by atoms with E-state index in [-0.39, 0.29) is 11.6 Å². The highest BCUT2D eigenvalue weighted by Gasteiger charge is 2.09. The maximum absolute atomic E-state index is 12.4. The zero-order valence-electron chi connectivity index (χ0n) is 16.3. The van der Waals surface area contributed by atoms with E-state index >= 15 is 0 Å². The molecule has 0 spiro atoms. The summed E-state index contributed by atoms with van der Waals surface area (Å²) in [7, 11) is 0. The minimum atomic E-state index is -0.310. The molecule has 0 radical (unpaired) electrons. The number of para-hydroxylation sites is 1. The van der Waals surface area contributed by atoms with Gasteiger partial charge in [-0.05, 0) is 48.9 Å². The number of urea groups is 1. The summed E-state index contributed by atoms with van der Waals surface area (Å²) in [6.45, 7) is 1.97. The van der Waals surface area contributed by atoms with E-state index < -0.39 is 0 Å². The van der Waals surface area contributed by atoms with Gasteiger partial charge >= 0.3 is 6.03 Å². The Balaban J connectivity index is 1.47. The fourth-order valence-corrected chi connectivity index (χ4v) is 3.93. The lowest BCUT2D eigenvalue weighted by molar-refractivity contribution is 0.262. The molecule has 4 rings (SSSR count). The van der Waals surface area contributed by atoms with Gasteiger partial charge in [-0.3, -0.25) is 9.20 Å². The predicted molar refractivity (Wildman–Crippen MR) is 121 cm³/mol. The number of nitrogens with one attached hydrogen (secondary N) is 2. The minimum absolute atomic E-state index is 0.111. The fourth-order valence-electron chi connectivity index (χ4n) is 3.03. The van der Waals surface area contributed by atoms with Crippen LogP contribution >= 0.6 is 11.8 Å². The lowest BCUT2D eigenvalue weighted by Gasteiger charge is -2.12. The maximum Gasteiger partial charge on any atom is 0.323 e. The number of thioether (sulfide) groups is 1. The number of hydrogen-bond donors (Lipinski definition) is 2. The highest BCUT2D eigenvalue weighted by Crippen LogP contribution is 2.29. The predicted octanol–water partition coefficient (Wildman–Crippen LogP) is 4.94. The van der Waals surface area contributed by atoms with E-state index in [9.17, 15) is 9.59 Å². The van der Waals surface area contributed by atoms with Crippen LogP contribution in [0.2, 0.25) is 0 Å². The van der Waals surface area contributed by atoms with Crippen LogP contribution in [0.3, 0.4) is 0 Å². The summed E-state index contributed by atoms with van der Waals surface area (Å²) < 4.78 is 1.51. The monoisotopic (exact) mass is 416 g/mol. The van der Waals surface area contributed by atoms with Gasteiger partial charge in [0, 0.05) is 28.6 Å². The van der Waals surface area contributed by atoms with E-state index in [1.54, 1.807) is 24.4 Å². The van der Waals surface area contributed by atoms with Crippen molar-refractivity contribution >= 4 is 34.8 Å². The number of aryl methyl sites for hydroxylation is 1. The molecule has 0 saturated carbocycles. The van der Waals surface area contributed by atoms with Crippen molar-refractivity contribution in [2.45, 2.75) is 17.6 Å². The first-order valence-corrected chi connectivity index (χ1v) is 10.4. The first kappa shape index (κ1) is 19.7. The molecule has 0 bridgehead atoms. The van der Waals surface area contributed by atoms with Crippen LogP contribution in [0, 0.1) is 6.92 Å². The van der Waals surface area contributed by atoms with Gasteiger partial charge in [-0.25, -0.2) is 9.78 Å². The number of benzene rings is 2. The van der Waals surface area contributed by atoms with Crippen molar-refractivity contribution in [2.75, 3.05) is 10.6 Å². The van der Waals surface area contributed by atoms with Gasteiger partial charge in [-0.15, -0.1) is 11.8 Å². The first-order chi connectivity index (χ1) is 14.6.